The standard InChI is InChI=1S/C14H15BrN2O2/c1-9-14(10-5-2-3-6-11(10)15)17-12(16-9)7-4-8-13(18)19/h2-3,5-6H,4,7-8H2,1H3,(H,16,17)(H,18,19). The van der Waals surface area contributed by atoms with Gasteiger partial charge in [-0.05, 0) is 19.4 Å². The van der Waals surface area contributed by atoms with Crippen LogP contribution in [0.4, 0.5) is 0 Å². The molecule has 0 saturated carbocycles. The number of imidazole rings is 1. The number of hydrogen-bond donors (Lipinski definition) is 2. The lowest BCUT2D eigenvalue weighted by Gasteiger charge is -2.01. The summed E-state index contributed by atoms with van der Waals surface area (Å²) in [4.78, 5) is 18.3. The van der Waals surface area contributed by atoms with E-state index in [1.54, 1.807) is 0 Å². The van der Waals surface area contributed by atoms with E-state index in [-0.39, 0.29) is 6.42 Å². The minimum Gasteiger partial charge on any atom is -0.481 e. The third-order valence-electron chi connectivity index (χ3n) is 2.87. The van der Waals surface area contributed by atoms with Crippen molar-refractivity contribution < 1.29 is 9.90 Å². The highest BCUT2D eigenvalue weighted by atomic mass is 79.9. The van der Waals surface area contributed by atoms with Gasteiger partial charge in [-0.25, -0.2) is 4.98 Å². The van der Waals surface area contributed by atoms with Gasteiger partial charge in [0.25, 0.3) is 0 Å². The van der Waals surface area contributed by atoms with Crippen LogP contribution in [0.15, 0.2) is 28.7 Å². The fourth-order valence-corrected chi connectivity index (χ4v) is 2.44. The van der Waals surface area contributed by atoms with Gasteiger partial charge < -0.3 is 10.1 Å². The van der Waals surface area contributed by atoms with Crippen molar-refractivity contribution in [3.05, 3.63) is 40.3 Å². The first-order chi connectivity index (χ1) is 9.08. The number of carboxylic acids is 1. The zero-order valence-corrected chi connectivity index (χ0v) is 12.2. The van der Waals surface area contributed by atoms with Crippen molar-refractivity contribution in [3.8, 4) is 11.3 Å². The van der Waals surface area contributed by atoms with E-state index >= 15 is 0 Å². The van der Waals surface area contributed by atoms with Gasteiger partial charge in [-0.2, -0.15) is 0 Å². The predicted molar refractivity (Wildman–Crippen MR) is 77.0 cm³/mol. The average molecular weight is 323 g/mol. The van der Waals surface area contributed by atoms with Crippen LogP contribution in [0.5, 0.6) is 0 Å². The molecule has 19 heavy (non-hydrogen) atoms. The number of nitrogens with zero attached hydrogens (tertiary/aromatic N) is 1. The van der Waals surface area contributed by atoms with E-state index in [0.717, 1.165) is 27.2 Å². The Hall–Kier alpha value is -1.62. The van der Waals surface area contributed by atoms with E-state index in [1.165, 1.54) is 0 Å². The number of aliphatic carboxylic acids is 1. The molecule has 0 amide bonds. The normalized spacial score (nSPS) is 10.6. The third-order valence-corrected chi connectivity index (χ3v) is 3.56. The summed E-state index contributed by atoms with van der Waals surface area (Å²) in [7, 11) is 0. The van der Waals surface area contributed by atoms with Crippen molar-refractivity contribution in [2.24, 2.45) is 0 Å². The minimum absolute atomic E-state index is 0.171. The van der Waals surface area contributed by atoms with E-state index in [2.05, 4.69) is 25.9 Å². The number of carboxylic acid groups (broad SMARTS) is 1. The van der Waals surface area contributed by atoms with Crippen LogP contribution in [-0.4, -0.2) is 21.0 Å². The molecule has 0 aliphatic heterocycles. The molecule has 0 spiro atoms. The van der Waals surface area contributed by atoms with Crippen molar-refractivity contribution in [1.82, 2.24) is 9.97 Å². The predicted octanol–water partition coefficient (Wildman–Crippen LogP) is 3.55. The van der Waals surface area contributed by atoms with Crippen LogP contribution in [-0.2, 0) is 11.2 Å². The summed E-state index contributed by atoms with van der Waals surface area (Å²) in [6, 6.07) is 7.92. The highest BCUT2D eigenvalue weighted by molar-refractivity contribution is 9.10. The number of aryl methyl sites for hydroxylation is 2. The summed E-state index contributed by atoms with van der Waals surface area (Å²) < 4.78 is 1.00. The van der Waals surface area contributed by atoms with Crippen LogP contribution in [0.25, 0.3) is 11.3 Å². The van der Waals surface area contributed by atoms with Crippen LogP contribution in [0.1, 0.15) is 24.4 Å². The van der Waals surface area contributed by atoms with Gasteiger partial charge in [0.05, 0.1) is 5.69 Å². The number of aromatic amines is 1. The van der Waals surface area contributed by atoms with Crippen molar-refractivity contribution in [1.29, 1.82) is 0 Å². The molecule has 0 aliphatic rings. The van der Waals surface area contributed by atoms with Crippen LogP contribution in [0.3, 0.4) is 0 Å². The number of nitrogens with one attached hydrogen (secondary N) is 1. The largest absolute Gasteiger partial charge is 0.481 e. The Kier molecular flexibility index (Phi) is 4.37. The molecule has 4 nitrogen and oxygen atoms in total. The molecular formula is C14H15BrN2O2. The Labute approximate surface area is 120 Å². The molecule has 2 N–H and O–H groups in total. The molecule has 100 valence electrons. The first kappa shape index (κ1) is 13.8. The summed E-state index contributed by atoms with van der Waals surface area (Å²) in [5, 5.41) is 8.63. The monoisotopic (exact) mass is 322 g/mol. The maximum absolute atomic E-state index is 10.5. The third kappa shape index (κ3) is 3.44. The van der Waals surface area contributed by atoms with Crippen molar-refractivity contribution >= 4 is 21.9 Å². The zero-order chi connectivity index (χ0) is 13.8. The van der Waals surface area contributed by atoms with E-state index in [0.29, 0.717) is 12.8 Å². The van der Waals surface area contributed by atoms with Crippen LogP contribution < -0.4 is 0 Å². The Bertz CT molecular complexity index is 593. The molecule has 0 fully saturated rings. The molecule has 2 aromatic rings. The molecule has 1 heterocycles. The Morgan fingerprint density at radius 2 is 2.16 bits per heavy atom. The summed E-state index contributed by atoms with van der Waals surface area (Å²) in [6.45, 7) is 1.97. The molecule has 5 heteroatoms. The number of rotatable bonds is 5. The lowest BCUT2D eigenvalue weighted by molar-refractivity contribution is -0.137. The maximum Gasteiger partial charge on any atom is 0.303 e. The lowest BCUT2D eigenvalue weighted by atomic mass is 10.1. The minimum atomic E-state index is -0.769. The second-order valence-corrected chi connectivity index (χ2v) is 5.24. The molecule has 0 unspecified atom stereocenters. The second-order valence-electron chi connectivity index (χ2n) is 4.38. The summed E-state index contributed by atoms with van der Waals surface area (Å²) >= 11 is 3.52. The Morgan fingerprint density at radius 3 is 2.84 bits per heavy atom. The quantitative estimate of drug-likeness (QED) is 0.884. The molecule has 2 rings (SSSR count). The van der Waals surface area contributed by atoms with E-state index in [9.17, 15) is 4.79 Å². The lowest BCUT2D eigenvalue weighted by Crippen LogP contribution is -1.96. The topological polar surface area (TPSA) is 66.0 Å². The van der Waals surface area contributed by atoms with E-state index in [4.69, 9.17) is 5.11 Å². The molecule has 1 aromatic carbocycles. The van der Waals surface area contributed by atoms with Gasteiger partial charge in [-0.15, -0.1) is 0 Å². The first-order valence-electron chi connectivity index (χ1n) is 6.10. The van der Waals surface area contributed by atoms with Gasteiger partial charge in [0, 0.05) is 28.6 Å². The van der Waals surface area contributed by atoms with Gasteiger partial charge in [0.1, 0.15) is 5.82 Å². The van der Waals surface area contributed by atoms with Gasteiger partial charge in [-0.1, -0.05) is 34.1 Å². The molecule has 0 aliphatic carbocycles. The fraction of sp³-hybridized carbons (Fsp3) is 0.286. The summed E-state index contributed by atoms with van der Waals surface area (Å²) in [5.41, 5.74) is 2.95. The van der Waals surface area contributed by atoms with E-state index in [1.807, 2.05) is 31.2 Å². The van der Waals surface area contributed by atoms with Crippen molar-refractivity contribution in [3.63, 3.8) is 0 Å². The number of halogens is 1. The number of carbonyl (C=O) groups is 1. The van der Waals surface area contributed by atoms with Gasteiger partial charge in [0.15, 0.2) is 0 Å². The van der Waals surface area contributed by atoms with Crippen LogP contribution in [0, 0.1) is 6.92 Å². The molecule has 1 aromatic heterocycles. The second kappa shape index (κ2) is 6.02. The van der Waals surface area contributed by atoms with Crippen LogP contribution >= 0.6 is 15.9 Å². The average Bonchev–Trinajstić information content (AvgIpc) is 2.70. The number of H-pyrrole nitrogens is 1. The smallest absolute Gasteiger partial charge is 0.303 e. The molecule has 0 saturated heterocycles. The zero-order valence-electron chi connectivity index (χ0n) is 10.6. The van der Waals surface area contributed by atoms with Crippen molar-refractivity contribution in [2.75, 3.05) is 0 Å². The number of aromatic nitrogens is 2. The highest BCUT2D eigenvalue weighted by Gasteiger charge is 2.11. The van der Waals surface area contributed by atoms with Gasteiger partial charge in [-0.3, -0.25) is 4.79 Å². The first-order valence-corrected chi connectivity index (χ1v) is 6.89. The Balaban J connectivity index is 2.17. The molecular weight excluding hydrogens is 308 g/mol. The molecule has 0 radical (unpaired) electrons. The fourth-order valence-electron chi connectivity index (χ4n) is 1.96. The summed E-state index contributed by atoms with van der Waals surface area (Å²) in [5.74, 6) is 0.0683. The van der Waals surface area contributed by atoms with Gasteiger partial charge >= 0.3 is 5.97 Å². The SMILES string of the molecule is Cc1[nH]c(CCCC(=O)O)nc1-c1ccccc1Br. The van der Waals surface area contributed by atoms with Crippen molar-refractivity contribution in [2.45, 2.75) is 26.2 Å². The van der Waals surface area contributed by atoms with Crippen LogP contribution in [0.2, 0.25) is 0 Å². The highest BCUT2D eigenvalue weighted by Crippen LogP contribution is 2.28. The molecule has 0 atom stereocenters. The van der Waals surface area contributed by atoms with E-state index < -0.39 is 5.97 Å². The Morgan fingerprint density at radius 1 is 1.42 bits per heavy atom. The van der Waals surface area contributed by atoms with Gasteiger partial charge in [0.2, 0.25) is 0 Å². The summed E-state index contributed by atoms with van der Waals surface area (Å²) in [6.07, 6.45) is 1.42. The number of hydrogen-bond acceptors (Lipinski definition) is 2. The maximum atomic E-state index is 10.5. The number of benzene rings is 1. The molecule has 0 bridgehead atoms.